The third-order valence-corrected chi connectivity index (χ3v) is 2.25. The monoisotopic (exact) mass is 240 g/mol. The summed E-state index contributed by atoms with van der Waals surface area (Å²) in [5, 5.41) is 8.99. The van der Waals surface area contributed by atoms with Gasteiger partial charge in [-0.05, 0) is 24.6 Å². The normalized spacial score (nSPS) is 11.8. The summed E-state index contributed by atoms with van der Waals surface area (Å²) in [6, 6.07) is 4.99. The maximum absolute atomic E-state index is 11.2. The number of methoxy groups -OCH3 is 2. The zero-order valence-electron chi connectivity index (χ0n) is 10.1. The summed E-state index contributed by atoms with van der Waals surface area (Å²) in [6.45, 7) is 1.51. The largest absolute Gasteiger partial charge is 0.493 e. The molecule has 0 aliphatic carbocycles. The van der Waals surface area contributed by atoms with Gasteiger partial charge in [-0.2, -0.15) is 0 Å². The van der Waals surface area contributed by atoms with Gasteiger partial charge >= 0.3 is 5.97 Å². The highest BCUT2D eigenvalue weighted by Crippen LogP contribution is 2.29. The minimum atomic E-state index is -0.714. The molecule has 5 nitrogen and oxygen atoms in total. The van der Waals surface area contributed by atoms with Crippen molar-refractivity contribution in [2.24, 2.45) is 0 Å². The Balaban J connectivity index is 2.87. The predicted octanol–water partition coefficient (Wildman–Crippen LogP) is 1.13. The van der Waals surface area contributed by atoms with Crippen LogP contribution >= 0.6 is 0 Å². The first-order valence-electron chi connectivity index (χ1n) is 5.14. The zero-order valence-corrected chi connectivity index (χ0v) is 10.1. The Kier molecular flexibility index (Phi) is 4.78. The highest BCUT2D eigenvalue weighted by Gasteiger charge is 2.17. The van der Waals surface area contributed by atoms with Crippen LogP contribution in [-0.2, 0) is 16.1 Å². The lowest BCUT2D eigenvalue weighted by Crippen LogP contribution is -2.25. The summed E-state index contributed by atoms with van der Waals surface area (Å²) in [7, 11) is 2.79. The number of esters is 1. The number of benzene rings is 1. The van der Waals surface area contributed by atoms with Gasteiger partial charge in [0.1, 0.15) is 0 Å². The second kappa shape index (κ2) is 6.10. The quantitative estimate of drug-likeness (QED) is 0.781. The second-order valence-corrected chi connectivity index (χ2v) is 3.43. The summed E-state index contributed by atoms with van der Waals surface area (Å²) in [5.74, 6) is 0.438. The highest BCUT2D eigenvalue weighted by atomic mass is 16.6. The van der Waals surface area contributed by atoms with E-state index >= 15 is 0 Å². The van der Waals surface area contributed by atoms with Gasteiger partial charge in [0.05, 0.1) is 20.8 Å². The zero-order chi connectivity index (χ0) is 12.8. The molecule has 1 aromatic rings. The maximum atomic E-state index is 11.2. The van der Waals surface area contributed by atoms with Crippen LogP contribution in [0.4, 0.5) is 0 Å². The van der Waals surface area contributed by atoms with E-state index in [9.17, 15) is 4.79 Å². The van der Waals surface area contributed by atoms with Crippen molar-refractivity contribution in [3.8, 4) is 11.5 Å². The van der Waals surface area contributed by atoms with Crippen LogP contribution in [0.3, 0.4) is 0 Å². The molecule has 0 aliphatic heterocycles. The van der Waals surface area contributed by atoms with Crippen LogP contribution in [0.15, 0.2) is 18.2 Å². The molecule has 1 atom stereocenters. The number of carbonyl (C=O) groups excluding carboxylic acids is 1. The number of aliphatic hydroxyl groups is 1. The minimum absolute atomic E-state index is 0.0802. The van der Waals surface area contributed by atoms with E-state index < -0.39 is 12.1 Å². The van der Waals surface area contributed by atoms with Gasteiger partial charge in [-0.1, -0.05) is 6.07 Å². The average molecular weight is 240 g/mol. The molecule has 0 amide bonds. The van der Waals surface area contributed by atoms with Crippen molar-refractivity contribution in [2.75, 3.05) is 14.2 Å². The Morgan fingerprint density at radius 2 is 2.06 bits per heavy atom. The topological polar surface area (TPSA) is 65.0 Å². The van der Waals surface area contributed by atoms with Crippen LogP contribution in [-0.4, -0.2) is 31.4 Å². The van der Waals surface area contributed by atoms with Crippen molar-refractivity contribution >= 4 is 5.97 Å². The van der Waals surface area contributed by atoms with Crippen molar-refractivity contribution < 1.29 is 24.1 Å². The fourth-order valence-electron chi connectivity index (χ4n) is 1.31. The molecule has 94 valence electrons. The number of rotatable bonds is 5. The fraction of sp³-hybridized carbons (Fsp3) is 0.417. The van der Waals surface area contributed by atoms with Crippen molar-refractivity contribution in [1.29, 1.82) is 0 Å². The molecule has 0 radical (unpaired) electrons. The molecule has 0 saturated heterocycles. The summed E-state index contributed by atoms with van der Waals surface area (Å²) in [5.41, 5.74) is 0.708. The SMILES string of the molecule is COC(=O)[C@@H](C)Oc1ccc(CO)cc1OC. The highest BCUT2D eigenvalue weighted by molar-refractivity contribution is 5.74. The van der Waals surface area contributed by atoms with E-state index in [2.05, 4.69) is 4.74 Å². The third kappa shape index (κ3) is 3.35. The molecular weight excluding hydrogens is 224 g/mol. The van der Waals surface area contributed by atoms with Crippen molar-refractivity contribution in [3.05, 3.63) is 23.8 Å². The lowest BCUT2D eigenvalue weighted by Gasteiger charge is -2.15. The number of carbonyl (C=O) groups is 1. The Hall–Kier alpha value is -1.75. The third-order valence-electron chi connectivity index (χ3n) is 2.25. The van der Waals surface area contributed by atoms with E-state index in [0.717, 1.165) is 0 Å². The Morgan fingerprint density at radius 1 is 1.35 bits per heavy atom. The molecule has 0 unspecified atom stereocenters. The van der Waals surface area contributed by atoms with Gasteiger partial charge in [-0.15, -0.1) is 0 Å². The van der Waals surface area contributed by atoms with Crippen molar-refractivity contribution in [3.63, 3.8) is 0 Å². The molecule has 0 heterocycles. The van der Waals surface area contributed by atoms with Crippen LogP contribution in [0.1, 0.15) is 12.5 Å². The molecule has 0 saturated carbocycles. The molecule has 1 rings (SSSR count). The van der Waals surface area contributed by atoms with Crippen LogP contribution in [0, 0.1) is 0 Å². The van der Waals surface area contributed by atoms with E-state index in [-0.39, 0.29) is 6.61 Å². The smallest absolute Gasteiger partial charge is 0.346 e. The van der Waals surface area contributed by atoms with Gasteiger partial charge in [0.2, 0.25) is 0 Å². The summed E-state index contributed by atoms with van der Waals surface area (Å²) < 4.78 is 15.1. The fourth-order valence-corrected chi connectivity index (χ4v) is 1.31. The van der Waals surface area contributed by atoms with Gasteiger partial charge < -0.3 is 19.3 Å². The molecule has 5 heteroatoms. The first-order chi connectivity index (χ1) is 8.12. The molecule has 1 N–H and O–H groups in total. The van der Waals surface area contributed by atoms with Gasteiger partial charge in [0, 0.05) is 0 Å². The first-order valence-corrected chi connectivity index (χ1v) is 5.14. The number of ether oxygens (including phenoxy) is 3. The van der Waals surface area contributed by atoms with Gasteiger partial charge in [0.15, 0.2) is 17.6 Å². The first kappa shape index (κ1) is 13.3. The van der Waals surface area contributed by atoms with E-state index in [1.54, 1.807) is 25.1 Å². The number of aliphatic hydroxyl groups excluding tert-OH is 1. The molecule has 17 heavy (non-hydrogen) atoms. The molecule has 0 aliphatic rings. The van der Waals surface area contributed by atoms with E-state index in [1.165, 1.54) is 14.2 Å². The molecule has 0 bridgehead atoms. The van der Waals surface area contributed by atoms with E-state index in [0.29, 0.717) is 17.1 Å². The summed E-state index contributed by atoms with van der Waals surface area (Å²) in [6.07, 6.45) is -0.714. The lowest BCUT2D eigenvalue weighted by molar-refractivity contribution is -0.147. The van der Waals surface area contributed by atoms with Crippen molar-refractivity contribution in [2.45, 2.75) is 19.6 Å². The summed E-state index contributed by atoms with van der Waals surface area (Å²) in [4.78, 5) is 11.2. The number of hydrogen-bond acceptors (Lipinski definition) is 5. The molecule has 1 aromatic carbocycles. The second-order valence-electron chi connectivity index (χ2n) is 3.43. The van der Waals surface area contributed by atoms with Crippen LogP contribution in [0.25, 0.3) is 0 Å². The van der Waals surface area contributed by atoms with Crippen LogP contribution in [0.2, 0.25) is 0 Å². The van der Waals surface area contributed by atoms with E-state index in [4.69, 9.17) is 14.6 Å². The van der Waals surface area contributed by atoms with Crippen LogP contribution < -0.4 is 9.47 Å². The van der Waals surface area contributed by atoms with Gasteiger partial charge in [0.25, 0.3) is 0 Å². The average Bonchev–Trinajstić information content (AvgIpc) is 2.37. The number of hydrogen-bond donors (Lipinski definition) is 1. The lowest BCUT2D eigenvalue weighted by atomic mass is 10.2. The predicted molar refractivity (Wildman–Crippen MR) is 61.0 cm³/mol. The molecular formula is C12H16O5. The van der Waals surface area contributed by atoms with E-state index in [1.807, 2.05) is 0 Å². The van der Waals surface area contributed by atoms with Crippen molar-refractivity contribution in [1.82, 2.24) is 0 Å². The standard InChI is InChI=1S/C12H16O5/c1-8(12(14)16-3)17-10-5-4-9(7-13)6-11(10)15-2/h4-6,8,13H,7H2,1-3H3/t8-/m1/s1. The Bertz CT molecular complexity index is 388. The molecule has 0 spiro atoms. The molecule has 0 aromatic heterocycles. The Labute approximate surface area is 99.9 Å². The van der Waals surface area contributed by atoms with Gasteiger partial charge in [-0.3, -0.25) is 0 Å². The maximum Gasteiger partial charge on any atom is 0.346 e. The summed E-state index contributed by atoms with van der Waals surface area (Å²) >= 11 is 0. The van der Waals surface area contributed by atoms with Gasteiger partial charge in [-0.25, -0.2) is 4.79 Å². The Morgan fingerprint density at radius 3 is 2.59 bits per heavy atom. The molecule has 0 fully saturated rings. The van der Waals surface area contributed by atoms with Crippen LogP contribution in [0.5, 0.6) is 11.5 Å². The minimum Gasteiger partial charge on any atom is -0.493 e.